The number of nitrogens with two attached hydrogens (primary N) is 1. The first-order valence-corrected chi connectivity index (χ1v) is 5.31. The summed E-state index contributed by atoms with van der Waals surface area (Å²) in [6.45, 7) is 3.68. The number of Topliss-reactive ketones (excluding diaryl/α,β-unsaturated/α-hetero) is 1. The van der Waals surface area contributed by atoms with E-state index in [2.05, 4.69) is 9.97 Å². The Morgan fingerprint density at radius 2 is 2.41 bits per heavy atom. The summed E-state index contributed by atoms with van der Waals surface area (Å²) in [6.07, 6.45) is 3.66. The smallest absolute Gasteiger partial charge is 0.293 e. The normalized spacial score (nSPS) is 13.1. The highest BCUT2D eigenvalue weighted by Crippen LogP contribution is 2.15. The Morgan fingerprint density at radius 1 is 1.71 bits per heavy atom. The van der Waals surface area contributed by atoms with Crippen LogP contribution in [-0.4, -0.2) is 33.9 Å². The summed E-state index contributed by atoms with van der Waals surface area (Å²) >= 11 is 0. The Bertz CT molecular complexity index is 373. The van der Waals surface area contributed by atoms with Gasteiger partial charge in [0.05, 0.1) is 12.4 Å². The molecule has 0 aliphatic rings. The van der Waals surface area contributed by atoms with E-state index in [1.807, 2.05) is 0 Å². The number of hydrogen-bond donors (Lipinski definition) is 2. The van der Waals surface area contributed by atoms with Gasteiger partial charge in [0.15, 0.2) is 5.78 Å². The van der Waals surface area contributed by atoms with Gasteiger partial charge in [-0.3, -0.25) is 9.59 Å². The van der Waals surface area contributed by atoms with Gasteiger partial charge in [0.2, 0.25) is 0 Å². The number of imidazole rings is 1. The lowest BCUT2D eigenvalue weighted by atomic mass is 9.96. The number of aromatic amines is 1. The standard InChI is InChI=1S/C11H17N3O3/c1-11(2,17-7-15)4-10(16)9(12)3-8-5-13-6-14-8/h5-7,9H,3-4,12H2,1-2H3,(H,13,14). The van der Waals surface area contributed by atoms with Crippen LogP contribution >= 0.6 is 0 Å². The number of carbonyl (C=O) groups is 2. The van der Waals surface area contributed by atoms with Crippen molar-refractivity contribution in [3.8, 4) is 0 Å². The van der Waals surface area contributed by atoms with Gasteiger partial charge in [-0.05, 0) is 13.8 Å². The zero-order valence-electron chi connectivity index (χ0n) is 9.97. The molecule has 0 radical (unpaired) electrons. The van der Waals surface area contributed by atoms with Crippen molar-refractivity contribution in [2.45, 2.75) is 38.3 Å². The minimum Gasteiger partial charge on any atom is -0.461 e. The van der Waals surface area contributed by atoms with Crippen LogP contribution in [-0.2, 0) is 20.7 Å². The van der Waals surface area contributed by atoms with Gasteiger partial charge in [-0.25, -0.2) is 4.98 Å². The molecule has 1 aromatic heterocycles. The second-order valence-electron chi connectivity index (χ2n) is 4.50. The predicted molar refractivity (Wildman–Crippen MR) is 61.1 cm³/mol. The van der Waals surface area contributed by atoms with Gasteiger partial charge in [0.25, 0.3) is 6.47 Å². The third kappa shape index (κ3) is 4.36. The average Bonchev–Trinajstić information content (AvgIpc) is 2.69. The molecule has 1 atom stereocenters. The Kier molecular flexibility index (Phi) is 4.39. The van der Waals surface area contributed by atoms with Crippen molar-refractivity contribution in [2.24, 2.45) is 5.73 Å². The number of ketones is 1. The number of carbonyl (C=O) groups excluding carboxylic acids is 2. The van der Waals surface area contributed by atoms with Crippen LogP contribution in [0.4, 0.5) is 0 Å². The molecule has 17 heavy (non-hydrogen) atoms. The Morgan fingerprint density at radius 3 is 2.94 bits per heavy atom. The lowest BCUT2D eigenvalue weighted by Gasteiger charge is -2.23. The first-order valence-electron chi connectivity index (χ1n) is 5.31. The molecule has 94 valence electrons. The molecule has 0 aromatic carbocycles. The van der Waals surface area contributed by atoms with Crippen LogP contribution in [0.25, 0.3) is 0 Å². The predicted octanol–water partition coefficient (Wildman–Crippen LogP) is 0.190. The maximum absolute atomic E-state index is 11.8. The molecule has 0 aliphatic heterocycles. The van der Waals surface area contributed by atoms with Gasteiger partial charge in [-0.15, -0.1) is 0 Å². The topological polar surface area (TPSA) is 98.1 Å². The highest BCUT2D eigenvalue weighted by Gasteiger charge is 2.26. The summed E-state index contributed by atoms with van der Waals surface area (Å²) < 4.78 is 4.81. The van der Waals surface area contributed by atoms with Gasteiger partial charge in [-0.2, -0.15) is 0 Å². The lowest BCUT2D eigenvalue weighted by molar-refractivity contribution is -0.143. The number of ether oxygens (including phenoxy) is 1. The molecule has 3 N–H and O–H groups in total. The van der Waals surface area contributed by atoms with Gasteiger partial charge in [-0.1, -0.05) is 0 Å². The van der Waals surface area contributed by atoms with Crippen LogP contribution in [0.3, 0.4) is 0 Å². The zero-order chi connectivity index (χ0) is 12.9. The zero-order valence-corrected chi connectivity index (χ0v) is 9.97. The fourth-order valence-corrected chi connectivity index (χ4v) is 1.47. The molecule has 0 saturated heterocycles. The number of H-pyrrole nitrogens is 1. The fraction of sp³-hybridized carbons (Fsp3) is 0.545. The second-order valence-corrected chi connectivity index (χ2v) is 4.50. The molecule has 0 bridgehead atoms. The fourth-order valence-electron chi connectivity index (χ4n) is 1.47. The van der Waals surface area contributed by atoms with Gasteiger partial charge >= 0.3 is 0 Å². The molecule has 1 unspecified atom stereocenters. The van der Waals surface area contributed by atoms with Crippen molar-refractivity contribution in [1.29, 1.82) is 0 Å². The van der Waals surface area contributed by atoms with Crippen molar-refractivity contribution >= 4 is 12.3 Å². The summed E-state index contributed by atoms with van der Waals surface area (Å²) in [5, 5.41) is 0. The van der Waals surface area contributed by atoms with Crippen LogP contribution < -0.4 is 5.73 Å². The van der Waals surface area contributed by atoms with E-state index in [0.29, 0.717) is 12.9 Å². The van der Waals surface area contributed by atoms with Crippen molar-refractivity contribution in [3.05, 3.63) is 18.2 Å². The molecule has 6 heteroatoms. The monoisotopic (exact) mass is 239 g/mol. The first-order chi connectivity index (χ1) is 7.94. The Balaban J connectivity index is 2.49. The lowest BCUT2D eigenvalue weighted by Crippen LogP contribution is -2.38. The minimum atomic E-state index is -0.815. The molecule has 0 fully saturated rings. The van der Waals surface area contributed by atoms with Crippen LogP contribution in [0, 0.1) is 0 Å². The third-order valence-corrected chi connectivity index (χ3v) is 2.38. The third-order valence-electron chi connectivity index (χ3n) is 2.38. The maximum Gasteiger partial charge on any atom is 0.293 e. The first kappa shape index (κ1) is 13.4. The quantitative estimate of drug-likeness (QED) is 0.662. The molecule has 1 heterocycles. The largest absolute Gasteiger partial charge is 0.461 e. The van der Waals surface area contributed by atoms with E-state index >= 15 is 0 Å². The van der Waals surface area contributed by atoms with Crippen LogP contribution in [0.15, 0.2) is 12.5 Å². The van der Waals surface area contributed by atoms with Gasteiger partial charge < -0.3 is 15.5 Å². The van der Waals surface area contributed by atoms with Gasteiger partial charge in [0.1, 0.15) is 5.60 Å². The molecule has 6 nitrogen and oxygen atoms in total. The number of nitrogens with one attached hydrogen (secondary N) is 1. The SMILES string of the molecule is CC(C)(CC(=O)C(N)Cc1cnc[nH]1)OC=O. The van der Waals surface area contributed by atoms with E-state index in [4.69, 9.17) is 10.5 Å². The molecule has 1 aromatic rings. The van der Waals surface area contributed by atoms with Crippen LogP contribution in [0.1, 0.15) is 26.0 Å². The molecular formula is C11H17N3O3. The molecule has 0 saturated carbocycles. The summed E-state index contributed by atoms with van der Waals surface area (Å²) in [5.41, 5.74) is 5.76. The van der Waals surface area contributed by atoms with Crippen LogP contribution in [0.5, 0.6) is 0 Å². The Hall–Kier alpha value is -1.69. The highest BCUT2D eigenvalue weighted by atomic mass is 16.5. The van der Waals surface area contributed by atoms with Crippen molar-refractivity contribution in [3.63, 3.8) is 0 Å². The summed E-state index contributed by atoms with van der Waals surface area (Å²) in [5.74, 6) is -0.147. The van der Waals surface area contributed by atoms with Gasteiger partial charge in [0, 0.05) is 24.7 Å². The molecule has 1 rings (SSSR count). The molecular weight excluding hydrogens is 222 g/mol. The number of hydrogen-bond acceptors (Lipinski definition) is 5. The number of nitrogens with zero attached hydrogens (tertiary/aromatic N) is 1. The maximum atomic E-state index is 11.8. The van der Waals surface area contributed by atoms with E-state index < -0.39 is 11.6 Å². The van der Waals surface area contributed by atoms with Crippen molar-refractivity contribution in [2.75, 3.05) is 0 Å². The summed E-state index contributed by atoms with van der Waals surface area (Å²) in [7, 11) is 0. The summed E-state index contributed by atoms with van der Waals surface area (Å²) in [4.78, 5) is 28.8. The van der Waals surface area contributed by atoms with E-state index in [-0.39, 0.29) is 12.2 Å². The molecule has 0 spiro atoms. The van der Waals surface area contributed by atoms with Crippen molar-refractivity contribution < 1.29 is 14.3 Å². The van der Waals surface area contributed by atoms with E-state index in [1.54, 1.807) is 20.0 Å². The minimum absolute atomic E-state index is 0.0983. The van der Waals surface area contributed by atoms with E-state index in [0.717, 1.165) is 5.69 Å². The van der Waals surface area contributed by atoms with E-state index in [9.17, 15) is 9.59 Å². The highest BCUT2D eigenvalue weighted by molar-refractivity contribution is 5.85. The number of aromatic nitrogens is 2. The van der Waals surface area contributed by atoms with E-state index in [1.165, 1.54) is 6.33 Å². The summed E-state index contributed by atoms with van der Waals surface area (Å²) in [6, 6.07) is -0.620. The average molecular weight is 239 g/mol. The van der Waals surface area contributed by atoms with Crippen molar-refractivity contribution in [1.82, 2.24) is 9.97 Å². The Labute approximate surface area is 99.6 Å². The molecule has 0 aliphatic carbocycles. The number of rotatable bonds is 7. The second kappa shape index (κ2) is 5.58. The molecule has 0 amide bonds. The van der Waals surface area contributed by atoms with Crippen LogP contribution in [0.2, 0.25) is 0 Å².